The third-order valence-corrected chi connectivity index (χ3v) is 3.92. The maximum Gasteiger partial charge on any atom is 0.273 e. The van der Waals surface area contributed by atoms with Crippen LogP contribution in [0.4, 0.5) is 5.69 Å². The Kier molecular flexibility index (Phi) is 4.97. The number of nitro groups is 1. The van der Waals surface area contributed by atoms with Gasteiger partial charge < -0.3 is 9.84 Å². The van der Waals surface area contributed by atoms with Crippen LogP contribution in [0.3, 0.4) is 0 Å². The lowest BCUT2D eigenvalue weighted by molar-refractivity contribution is -0.384. The van der Waals surface area contributed by atoms with Gasteiger partial charge in [-0.15, -0.1) is 0 Å². The van der Waals surface area contributed by atoms with E-state index in [2.05, 4.69) is 31.9 Å². The van der Waals surface area contributed by atoms with Gasteiger partial charge >= 0.3 is 0 Å². The molecule has 1 unspecified atom stereocenters. The van der Waals surface area contributed by atoms with E-state index < -0.39 is 11.0 Å². The van der Waals surface area contributed by atoms with Crippen molar-refractivity contribution >= 4 is 37.5 Å². The molecule has 0 aliphatic heterocycles. The number of nitrogens with zero attached hydrogens (tertiary/aromatic N) is 1. The van der Waals surface area contributed by atoms with Crippen LogP contribution < -0.4 is 4.74 Å². The summed E-state index contributed by atoms with van der Waals surface area (Å²) in [7, 11) is 0. The highest BCUT2D eigenvalue weighted by Gasteiger charge is 2.15. The summed E-state index contributed by atoms with van der Waals surface area (Å²) in [5, 5.41) is 20.6. The van der Waals surface area contributed by atoms with Crippen LogP contribution in [-0.2, 0) is 0 Å². The Hall–Kier alpha value is -1.44. The predicted molar refractivity (Wildman–Crippen MR) is 85.6 cm³/mol. The number of hydrogen-bond acceptors (Lipinski definition) is 4. The summed E-state index contributed by atoms with van der Waals surface area (Å²) >= 11 is 6.62. The Morgan fingerprint density at radius 2 is 1.90 bits per heavy atom. The fourth-order valence-corrected chi connectivity index (χ4v) is 2.45. The van der Waals surface area contributed by atoms with Crippen molar-refractivity contribution in [3.63, 3.8) is 0 Å². The van der Waals surface area contributed by atoms with Crippen LogP contribution in [0.15, 0.2) is 45.3 Å². The third-order valence-electron chi connectivity index (χ3n) is 2.77. The van der Waals surface area contributed by atoms with Gasteiger partial charge in [-0.3, -0.25) is 10.1 Å². The summed E-state index contributed by atoms with van der Waals surface area (Å²) in [5.41, 5.74) is 0.520. The van der Waals surface area contributed by atoms with E-state index in [0.29, 0.717) is 21.5 Å². The first-order valence-electron chi connectivity index (χ1n) is 5.98. The molecule has 0 radical (unpaired) electrons. The zero-order chi connectivity index (χ0) is 15.6. The summed E-state index contributed by atoms with van der Waals surface area (Å²) < 4.78 is 7.11. The maximum absolute atomic E-state index is 10.8. The van der Waals surface area contributed by atoms with E-state index >= 15 is 0 Å². The molecule has 2 rings (SSSR count). The van der Waals surface area contributed by atoms with Gasteiger partial charge in [-0.05, 0) is 47.1 Å². The van der Waals surface area contributed by atoms with Gasteiger partial charge in [0.25, 0.3) is 5.69 Å². The second kappa shape index (κ2) is 6.55. The summed E-state index contributed by atoms with van der Waals surface area (Å²) in [6.45, 7) is 1.62. The molecule has 0 amide bonds. The van der Waals surface area contributed by atoms with Crippen LogP contribution in [0.1, 0.15) is 18.6 Å². The van der Waals surface area contributed by atoms with Crippen LogP contribution in [-0.4, -0.2) is 10.0 Å². The molecule has 1 N–H and O–H groups in total. The Labute approximate surface area is 138 Å². The number of halogens is 2. The Balaban J connectivity index is 2.43. The molecule has 0 aromatic heterocycles. The molecule has 0 heterocycles. The predicted octanol–water partition coefficient (Wildman–Crippen LogP) is 4.97. The van der Waals surface area contributed by atoms with Crippen molar-refractivity contribution in [1.29, 1.82) is 0 Å². The van der Waals surface area contributed by atoms with E-state index in [1.165, 1.54) is 12.1 Å². The quantitative estimate of drug-likeness (QED) is 0.564. The highest BCUT2D eigenvalue weighted by atomic mass is 79.9. The van der Waals surface area contributed by atoms with Gasteiger partial charge in [-0.2, -0.15) is 0 Å². The molecule has 110 valence electrons. The van der Waals surface area contributed by atoms with Crippen molar-refractivity contribution < 1.29 is 14.8 Å². The van der Waals surface area contributed by atoms with E-state index in [9.17, 15) is 15.2 Å². The summed E-state index contributed by atoms with van der Waals surface area (Å²) in [4.78, 5) is 10.3. The van der Waals surface area contributed by atoms with Gasteiger partial charge in [-0.25, -0.2) is 0 Å². The van der Waals surface area contributed by atoms with Crippen molar-refractivity contribution in [3.8, 4) is 11.5 Å². The molecule has 0 saturated carbocycles. The zero-order valence-corrected chi connectivity index (χ0v) is 14.1. The standard InChI is InChI=1S/C14H11Br2NO4/c1-8(18)11-6-9(15)2-5-13(11)21-14-7-10(17(19)20)3-4-12(14)16/h2-8,18H,1H3. The van der Waals surface area contributed by atoms with Crippen LogP contribution >= 0.6 is 31.9 Å². The molecule has 0 aliphatic rings. The summed E-state index contributed by atoms with van der Waals surface area (Å²) in [6.07, 6.45) is -0.727. The van der Waals surface area contributed by atoms with Crippen molar-refractivity contribution in [3.05, 3.63) is 61.0 Å². The smallest absolute Gasteiger partial charge is 0.273 e. The highest BCUT2D eigenvalue weighted by molar-refractivity contribution is 9.10. The molecule has 21 heavy (non-hydrogen) atoms. The molecule has 0 bridgehead atoms. The van der Waals surface area contributed by atoms with Gasteiger partial charge in [0.2, 0.25) is 0 Å². The number of rotatable bonds is 4. The molecule has 0 fully saturated rings. The minimum atomic E-state index is -0.727. The molecule has 1 atom stereocenters. The SMILES string of the molecule is CC(O)c1cc(Br)ccc1Oc1cc([N+](=O)[O-])ccc1Br. The topological polar surface area (TPSA) is 72.6 Å². The molecule has 2 aromatic rings. The summed E-state index contributed by atoms with van der Waals surface area (Å²) in [5.74, 6) is 0.753. The Morgan fingerprint density at radius 3 is 2.52 bits per heavy atom. The monoisotopic (exact) mass is 415 g/mol. The van der Waals surface area contributed by atoms with Crippen LogP contribution in [0.2, 0.25) is 0 Å². The van der Waals surface area contributed by atoms with Crippen molar-refractivity contribution in [1.82, 2.24) is 0 Å². The Bertz CT molecular complexity index is 689. The van der Waals surface area contributed by atoms with Gasteiger partial charge in [-0.1, -0.05) is 15.9 Å². The molecule has 0 saturated heterocycles. The van der Waals surface area contributed by atoms with Crippen LogP contribution in [0.5, 0.6) is 11.5 Å². The van der Waals surface area contributed by atoms with Crippen molar-refractivity contribution in [2.24, 2.45) is 0 Å². The second-order valence-electron chi connectivity index (χ2n) is 4.33. The van der Waals surface area contributed by atoms with E-state index in [0.717, 1.165) is 4.47 Å². The number of hydrogen-bond donors (Lipinski definition) is 1. The largest absolute Gasteiger partial charge is 0.456 e. The number of ether oxygens (including phenoxy) is 1. The molecule has 0 aliphatic carbocycles. The molecule has 2 aromatic carbocycles. The first-order chi connectivity index (χ1) is 9.88. The average Bonchev–Trinajstić information content (AvgIpc) is 2.42. The van der Waals surface area contributed by atoms with Gasteiger partial charge in [0, 0.05) is 16.1 Å². The third kappa shape index (κ3) is 3.81. The van der Waals surface area contributed by atoms with E-state index in [4.69, 9.17) is 4.74 Å². The Morgan fingerprint density at radius 1 is 1.19 bits per heavy atom. The fourth-order valence-electron chi connectivity index (χ4n) is 1.74. The maximum atomic E-state index is 10.8. The zero-order valence-electron chi connectivity index (χ0n) is 10.9. The molecule has 0 spiro atoms. The van der Waals surface area contributed by atoms with Gasteiger partial charge in [0.05, 0.1) is 21.6 Å². The van der Waals surface area contributed by atoms with E-state index in [1.54, 1.807) is 31.2 Å². The molecular formula is C14H11Br2NO4. The lowest BCUT2D eigenvalue weighted by Gasteiger charge is -2.14. The van der Waals surface area contributed by atoms with E-state index in [-0.39, 0.29) is 5.69 Å². The first-order valence-corrected chi connectivity index (χ1v) is 7.56. The molecule has 5 nitrogen and oxygen atoms in total. The highest BCUT2D eigenvalue weighted by Crippen LogP contribution is 2.36. The number of benzene rings is 2. The van der Waals surface area contributed by atoms with Crippen molar-refractivity contribution in [2.45, 2.75) is 13.0 Å². The number of nitro benzene ring substituents is 1. The normalized spacial score (nSPS) is 12.0. The summed E-state index contributed by atoms with van der Waals surface area (Å²) in [6, 6.07) is 9.47. The van der Waals surface area contributed by atoms with Crippen molar-refractivity contribution in [2.75, 3.05) is 0 Å². The van der Waals surface area contributed by atoms with Gasteiger partial charge in [0.15, 0.2) is 0 Å². The molecular weight excluding hydrogens is 406 g/mol. The lowest BCUT2D eigenvalue weighted by atomic mass is 10.1. The fraction of sp³-hybridized carbons (Fsp3) is 0.143. The van der Waals surface area contributed by atoms with Gasteiger partial charge in [0.1, 0.15) is 11.5 Å². The number of non-ortho nitro benzene ring substituents is 1. The number of aliphatic hydroxyl groups is 1. The second-order valence-corrected chi connectivity index (χ2v) is 6.10. The first kappa shape index (κ1) is 15.9. The minimum absolute atomic E-state index is 0.0658. The number of aliphatic hydroxyl groups excluding tert-OH is 1. The minimum Gasteiger partial charge on any atom is -0.456 e. The van der Waals surface area contributed by atoms with Crippen LogP contribution in [0, 0.1) is 10.1 Å². The van der Waals surface area contributed by atoms with Crippen LogP contribution in [0.25, 0.3) is 0 Å². The lowest BCUT2D eigenvalue weighted by Crippen LogP contribution is -1.97. The van der Waals surface area contributed by atoms with E-state index in [1.807, 2.05) is 0 Å². The average molecular weight is 417 g/mol. The molecule has 7 heteroatoms.